The molecule has 2 atom stereocenters. The van der Waals surface area contributed by atoms with Crippen molar-refractivity contribution in [1.82, 2.24) is 10.3 Å². The van der Waals surface area contributed by atoms with Crippen molar-refractivity contribution in [2.24, 2.45) is 0 Å². The second kappa shape index (κ2) is 7.87. The molecule has 2 rings (SSSR count). The van der Waals surface area contributed by atoms with Crippen LogP contribution < -0.4 is 10.6 Å². The third-order valence-electron chi connectivity index (χ3n) is 3.79. The van der Waals surface area contributed by atoms with Gasteiger partial charge in [0.2, 0.25) is 0 Å². The molecule has 136 valence electrons. The molecule has 1 heterocycles. The molecule has 0 aliphatic heterocycles. The molecule has 8 heteroatoms. The first-order valence-corrected chi connectivity index (χ1v) is 8.58. The quantitative estimate of drug-likeness (QED) is 0.787. The maximum Gasteiger partial charge on any atom is 0.407 e. The number of nitrogens with zero attached hydrogens (tertiary/aromatic N) is 2. The first kappa shape index (κ1) is 19.3. The lowest BCUT2D eigenvalue weighted by Gasteiger charge is -2.31. The number of carbonyl (C=O) groups excluding carboxylic acids is 1. The van der Waals surface area contributed by atoms with Gasteiger partial charge in [-0.05, 0) is 52.5 Å². The van der Waals surface area contributed by atoms with Crippen molar-refractivity contribution in [2.45, 2.75) is 64.1 Å². The largest absolute Gasteiger partial charge is 0.444 e. The van der Waals surface area contributed by atoms with Crippen LogP contribution in [0.25, 0.3) is 0 Å². The molecule has 1 aliphatic carbocycles. The summed E-state index contributed by atoms with van der Waals surface area (Å²) in [5, 5.41) is 14.7. The smallest absolute Gasteiger partial charge is 0.407 e. The average Bonchev–Trinajstić information content (AvgIpc) is 2.49. The first-order valence-electron chi connectivity index (χ1n) is 8.20. The maximum atomic E-state index is 14.0. The number of carbonyl (C=O) groups is 1. The highest BCUT2D eigenvalue weighted by Crippen LogP contribution is 2.25. The van der Waals surface area contributed by atoms with Crippen LogP contribution in [0.4, 0.5) is 15.0 Å². The predicted octanol–water partition coefficient (Wildman–Crippen LogP) is 3.99. The van der Waals surface area contributed by atoms with E-state index in [9.17, 15) is 9.18 Å². The van der Waals surface area contributed by atoms with Crippen LogP contribution in [0.2, 0.25) is 5.15 Å². The molecule has 0 bridgehead atoms. The maximum absolute atomic E-state index is 14.0. The van der Waals surface area contributed by atoms with Gasteiger partial charge < -0.3 is 15.4 Å². The number of ether oxygens (including phenoxy) is 1. The number of hydrogen-bond donors (Lipinski definition) is 2. The summed E-state index contributed by atoms with van der Waals surface area (Å²) in [5.41, 5.74) is -0.555. The lowest BCUT2D eigenvalue weighted by atomic mass is 9.91. The average molecular weight is 369 g/mol. The van der Waals surface area contributed by atoms with Gasteiger partial charge in [0, 0.05) is 12.1 Å². The number of hydrogen-bond acceptors (Lipinski definition) is 5. The monoisotopic (exact) mass is 368 g/mol. The van der Waals surface area contributed by atoms with Gasteiger partial charge in [0.1, 0.15) is 16.8 Å². The molecule has 0 spiro atoms. The number of amides is 1. The van der Waals surface area contributed by atoms with Crippen molar-refractivity contribution < 1.29 is 13.9 Å². The number of aromatic nitrogens is 1. The van der Waals surface area contributed by atoms with Gasteiger partial charge in [0.05, 0.1) is 5.56 Å². The van der Waals surface area contributed by atoms with Gasteiger partial charge in [-0.2, -0.15) is 5.26 Å². The van der Waals surface area contributed by atoms with E-state index in [2.05, 4.69) is 15.6 Å². The Morgan fingerprint density at radius 1 is 1.44 bits per heavy atom. The molecule has 1 amide bonds. The fourth-order valence-corrected chi connectivity index (χ4v) is 2.95. The van der Waals surface area contributed by atoms with Crippen LogP contribution in [0.1, 0.15) is 52.0 Å². The van der Waals surface area contributed by atoms with Crippen molar-refractivity contribution >= 4 is 23.5 Å². The lowest BCUT2D eigenvalue weighted by molar-refractivity contribution is 0.0492. The minimum atomic E-state index is -0.622. The van der Waals surface area contributed by atoms with Crippen molar-refractivity contribution in [2.75, 3.05) is 5.32 Å². The molecule has 0 unspecified atom stereocenters. The van der Waals surface area contributed by atoms with Crippen LogP contribution in [-0.2, 0) is 4.74 Å². The van der Waals surface area contributed by atoms with Crippen LogP contribution >= 0.6 is 11.6 Å². The second-order valence-corrected chi connectivity index (χ2v) is 7.48. The zero-order valence-corrected chi connectivity index (χ0v) is 15.3. The minimum absolute atomic E-state index is 0.00201. The van der Waals surface area contributed by atoms with E-state index >= 15 is 0 Å². The first-order chi connectivity index (χ1) is 11.7. The Bertz CT molecular complexity index is 684. The number of anilines is 1. The van der Waals surface area contributed by atoms with Crippen molar-refractivity contribution in [3.8, 4) is 6.07 Å². The third-order valence-corrected chi connectivity index (χ3v) is 4.07. The molecule has 0 aromatic carbocycles. The summed E-state index contributed by atoms with van der Waals surface area (Å²) in [6, 6.07) is 2.74. The molecule has 25 heavy (non-hydrogen) atoms. The number of alkyl carbamates (subject to hydrolysis) is 1. The highest BCUT2D eigenvalue weighted by atomic mass is 35.5. The fourth-order valence-electron chi connectivity index (χ4n) is 2.77. The van der Waals surface area contributed by atoms with Crippen LogP contribution in [-0.4, -0.2) is 28.8 Å². The van der Waals surface area contributed by atoms with E-state index in [1.165, 1.54) is 0 Å². The highest BCUT2D eigenvalue weighted by molar-refractivity contribution is 6.30. The van der Waals surface area contributed by atoms with Gasteiger partial charge in [-0.1, -0.05) is 11.6 Å². The summed E-state index contributed by atoms with van der Waals surface area (Å²) in [5.74, 6) is -0.602. The van der Waals surface area contributed by atoms with Gasteiger partial charge in [-0.15, -0.1) is 0 Å². The predicted molar refractivity (Wildman–Crippen MR) is 93.0 cm³/mol. The van der Waals surface area contributed by atoms with Gasteiger partial charge in [-0.25, -0.2) is 14.2 Å². The van der Waals surface area contributed by atoms with Gasteiger partial charge in [-0.3, -0.25) is 0 Å². The van der Waals surface area contributed by atoms with E-state index in [1.54, 1.807) is 26.8 Å². The molecule has 1 aliphatic rings. The number of nitrogens with one attached hydrogen (secondary N) is 2. The SMILES string of the molecule is CC(C)(C)OC(=O)N[C@H]1CCC[C@@H](Nc2nc(Cl)c(C#N)cc2F)C1. The summed E-state index contributed by atoms with van der Waals surface area (Å²) >= 11 is 5.86. The fraction of sp³-hybridized carbons (Fsp3) is 0.588. The number of rotatable bonds is 3. The highest BCUT2D eigenvalue weighted by Gasteiger charge is 2.26. The Morgan fingerprint density at radius 2 is 2.12 bits per heavy atom. The molecule has 1 fully saturated rings. The topological polar surface area (TPSA) is 87.0 Å². The van der Waals surface area contributed by atoms with Gasteiger partial charge >= 0.3 is 6.09 Å². The summed E-state index contributed by atoms with van der Waals surface area (Å²) in [4.78, 5) is 15.8. The Morgan fingerprint density at radius 3 is 2.76 bits per heavy atom. The molecular weight excluding hydrogens is 347 g/mol. The molecular formula is C17H22ClFN4O2. The van der Waals surface area contributed by atoms with Gasteiger partial charge in [0.25, 0.3) is 0 Å². The zero-order valence-electron chi connectivity index (χ0n) is 14.5. The molecule has 2 N–H and O–H groups in total. The van der Waals surface area contributed by atoms with E-state index in [1.807, 2.05) is 0 Å². The van der Waals surface area contributed by atoms with Crippen molar-refractivity contribution in [1.29, 1.82) is 5.26 Å². The van der Waals surface area contributed by atoms with E-state index in [4.69, 9.17) is 21.6 Å². The molecule has 0 saturated heterocycles. The lowest BCUT2D eigenvalue weighted by Crippen LogP contribution is -2.44. The Kier molecular flexibility index (Phi) is 6.07. The number of nitriles is 1. The molecule has 6 nitrogen and oxygen atoms in total. The van der Waals surface area contributed by atoms with Crippen LogP contribution in [0.3, 0.4) is 0 Å². The zero-order chi connectivity index (χ0) is 18.6. The van der Waals surface area contributed by atoms with E-state index in [-0.39, 0.29) is 28.6 Å². The molecule has 1 saturated carbocycles. The summed E-state index contributed by atoms with van der Waals surface area (Å²) in [6.45, 7) is 5.42. The summed E-state index contributed by atoms with van der Waals surface area (Å²) in [7, 11) is 0. The molecule has 1 aromatic rings. The molecule has 0 radical (unpaired) electrons. The Labute approximate surface area is 151 Å². The normalized spacial score (nSPS) is 20.5. The second-order valence-electron chi connectivity index (χ2n) is 7.12. The van der Waals surface area contributed by atoms with E-state index in [0.29, 0.717) is 6.42 Å². The number of pyridine rings is 1. The van der Waals surface area contributed by atoms with E-state index in [0.717, 1.165) is 25.3 Å². The van der Waals surface area contributed by atoms with Crippen LogP contribution in [0, 0.1) is 17.1 Å². The summed E-state index contributed by atoms with van der Waals surface area (Å²) in [6.07, 6.45) is 2.71. The Hall–Kier alpha value is -2.07. The van der Waals surface area contributed by atoms with E-state index < -0.39 is 17.5 Å². The third kappa shape index (κ3) is 5.75. The minimum Gasteiger partial charge on any atom is -0.444 e. The van der Waals surface area contributed by atoms with Crippen LogP contribution in [0.15, 0.2) is 6.07 Å². The summed E-state index contributed by atoms with van der Waals surface area (Å²) < 4.78 is 19.3. The standard InChI is InChI=1S/C17H22ClFN4O2/c1-17(2,3)25-16(24)22-12-6-4-5-11(8-12)21-15-13(19)7-10(9-20)14(18)23-15/h7,11-12H,4-6,8H2,1-3H3,(H,21,23)(H,22,24)/t11-,12+/m1/s1. The van der Waals surface area contributed by atoms with Crippen molar-refractivity contribution in [3.63, 3.8) is 0 Å². The molecule has 1 aromatic heterocycles. The van der Waals surface area contributed by atoms with Crippen LogP contribution in [0.5, 0.6) is 0 Å². The Balaban J connectivity index is 1.97. The van der Waals surface area contributed by atoms with Crippen molar-refractivity contribution in [3.05, 3.63) is 22.6 Å². The van der Waals surface area contributed by atoms with Gasteiger partial charge in [0.15, 0.2) is 11.6 Å². The number of halogens is 2.